The number of carbonyl (C=O) groups excluding carboxylic acids is 1. The molecule has 0 spiro atoms. The minimum atomic E-state index is -0.271. The molecule has 0 unspecified atom stereocenters. The molecule has 0 bridgehead atoms. The minimum Gasteiger partial charge on any atom is -0.321 e. The Morgan fingerprint density at radius 2 is 2.00 bits per heavy atom. The highest BCUT2D eigenvalue weighted by Crippen LogP contribution is 2.22. The van der Waals surface area contributed by atoms with Crippen LogP contribution in [0.25, 0.3) is 0 Å². The molecular weight excluding hydrogens is 308 g/mol. The zero-order chi connectivity index (χ0) is 15.9. The molecule has 6 heteroatoms. The van der Waals surface area contributed by atoms with Crippen molar-refractivity contribution in [2.24, 2.45) is 0 Å². The maximum Gasteiger partial charge on any atom is 0.275 e. The number of benzene rings is 1. The van der Waals surface area contributed by atoms with Gasteiger partial charge in [0.1, 0.15) is 5.69 Å². The van der Waals surface area contributed by atoms with Gasteiger partial charge in [0.05, 0.1) is 11.2 Å². The Hall–Kier alpha value is -2.73. The number of hydrogen-bond acceptors (Lipinski definition) is 5. The van der Waals surface area contributed by atoms with Gasteiger partial charge in [0, 0.05) is 30.0 Å². The molecule has 3 aromatic rings. The van der Waals surface area contributed by atoms with Gasteiger partial charge in [-0.1, -0.05) is 18.2 Å². The van der Waals surface area contributed by atoms with Crippen molar-refractivity contribution >= 4 is 23.4 Å². The van der Waals surface area contributed by atoms with Crippen molar-refractivity contribution in [2.75, 3.05) is 5.32 Å². The van der Waals surface area contributed by atoms with Crippen molar-refractivity contribution in [1.29, 1.82) is 0 Å². The Bertz CT molecular complexity index is 781. The van der Waals surface area contributed by atoms with Gasteiger partial charge in [0.25, 0.3) is 5.91 Å². The fraction of sp³-hybridized carbons (Fsp3) is 0.0588. The molecule has 0 saturated heterocycles. The number of amides is 1. The number of pyridine rings is 1. The lowest BCUT2D eigenvalue weighted by atomic mass is 10.2. The van der Waals surface area contributed by atoms with E-state index in [0.717, 1.165) is 22.0 Å². The van der Waals surface area contributed by atoms with E-state index in [2.05, 4.69) is 20.3 Å². The fourth-order valence-corrected chi connectivity index (χ4v) is 2.74. The first kappa shape index (κ1) is 15.2. The van der Waals surface area contributed by atoms with Gasteiger partial charge in [-0.15, -0.1) is 11.8 Å². The van der Waals surface area contributed by atoms with Crippen LogP contribution in [0.15, 0.2) is 72.3 Å². The fourth-order valence-electron chi connectivity index (χ4n) is 1.94. The summed E-state index contributed by atoms with van der Waals surface area (Å²) in [6.45, 7) is 0. The van der Waals surface area contributed by atoms with Crippen LogP contribution < -0.4 is 5.32 Å². The Balaban J connectivity index is 1.64. The zero-order valence-corrected chi connectivity index (χ0v) is 13.0. The summed E-state index contributed by atoms with van der Waals surface area (Å²) in [5.41, 5.74) is 2.14. The van der Waals surface area contributed by atoms with Gasteiger partial charge >= 0.3 is 0 Å². The number of nitrogens with one attached hydrogen (secondary N) is 1. The Morgan fingerprint density at radius 3 is 2.78 bits per heavy atom. The summed E-state index contributed by atoms with van der Waals surface area (Å²) in [6.07, 6.45) is 6.25. The zero-order valence-electron chi connectivity index (χ0n) is 12.2. The molecule has 23 heavy (non-hydrogen) atoms. The van der Waals surface area contributed by atoms with E-state index >= 15 is 0 Å². The monoisotopic (exact) mass is 322 g/mol. The number of carbonyl (C=O) groups is 1. The van der Waals surface area contributed by atoms with E-state index < -0.39 is 0 Å². The quantitative estimate of drug-likeness (QED) is 0.729. The number of anilines is 1. The summed E-state index contributed by atoms with van der Waals surface area (Å²) in [7, 11) is 0. The van der Waals surface area contributed by atoms with Crippen LogP contribution in [-0.4, -0.2) is 20.9 Å². The highest BCUT2D eigenvalue weighted by Gasteiger charge is 2.07. The second kappa shape index (κ2) is 7.51. The van der Waals surface area contributed by atoms with E-state index in [-0.39, 0.29) is 5.91 Å². The van der Waals surface area contributed by atoms with Gasteiger partial charge in [0.15, 0.2) is 0 Å². The molecule has 0 aliphatic rings. The van der Waals surface area contributed by atoms with Gasteiger partial charge in [-0.2, -0.15) is 0 Å². The predicted molar refractivity (Wildman–Crippen MR) is 90.2 cm³/mol. The van der Waals surface area contributed by atoms with Crippen LogP contribution in [0.1, 0.15) is 16.1 Å². The Labute approximate surface area is 138 Å². The van der Waals surface area contributed by atoms with Crippen LogP contribution >= 0.6 is 11.8 Å². The molecule has 0 aliphatic heterocycles. The third kappa shape index (κ3) is 4.37. The Morgan fingerprint density at radius 1 is 1.04 bits per heavy atom. The van der Waals surface area contributed by atoms with Crippen molar-refractivity contribution in [2.45, 2.75) is 10.8 Å². The maximum absolute atomic E-state index is 12.1. The minimum absolute atomic E-state index is 0.271. The smallest absolute Gasteiger partial charge is 0.275 e. The first-order chi connectivity index (χ1) is 11.3. The van der Waals surface area contributed by atoms with Crippen LogP contribution in [0, 0.1) is 0 Å². The van der Waals surface area contributed by atoms with Gasteiger partial charge in [-0.05, 0) is 29.8 Å². The molecule has 1 aromatic carbocycles. The van der Waals surface area contributed by atoms with Crippen molar-refractivity contribution < 1.29 is 4.79 Å². The lowest BCUT2D eigenvalue weighted by molar-refractivity contribution is 0.102. The third-order valence-electron chi connectivity index (χ3n) is 3.01. The van der Waals surface area contributed by atoms with Gasteiger partial charge in [-0.25, -0.2) is 9.97 Å². The average Bonchev–Trinajstić information content (AvgIpc) is 2.62. The third-order valence-corrected chi connectivity index (χ3v) is 4.02. The van der Waals surface area contributed by atoms with Gasteiger partial charge in [0.2, 0.25) is 0 Å². The summed E-state index contributed by atoms with van der Waals surface area (Å²) in [4.78, 5) is 24.2. The largest absolute Gasteiger partial charge is 0.321 e. The second-order valence-corrected chi connectivity index (χ2v) is 5.70. The summed E-state index contributed by atoms with van der Waals surface area (Å²) in [5, 5.41) is 3.80. The molecule has 0 fully saturated rings. The van der Waals surface area contributed by atoms with Crippen LogP contribution in [0.5, 0.6) is 0 Å². The molecule has 114 valence electrons. The predicted octanol–water partition coefficient (Wildman–Crippen LogP) is 3.42. The highest BCUT2D eigenvalue weighted by atomic mass is 32.2. The summed E-state index contributed by atoms with van der Waals surface area (Å²) < 4.78 is 0. The topological polar surface area (TPSA) is 67.8 Å². The maximum atomic E-state index is 12.1. The molecule has 1 N–H and O–H groups in total. The molecular formula is C17H14N4OS. The standard InChI is InChI=1S/C17H14N4OS/c22-17(15-11-18-8-9-19-15)21-14-5-3-4-13(10-14)12-23-16-6-1-2-7-20-16/h1-11H,12H2,(H,21,22). The van der Waals surface area contributed by atoms with E-state index in [1.54, 1.807) is 18.0 Å². The lowest BCUT2D eigenvalue weighted by Gasteiger charge is -2.07. The normalized spacial score (nSPS) is 10.3. The van der Waals surface area contributed by atoms with Crippen molar-refractivity contribution in [3.63, 3.8) is 0 Å². The number of hydrogen-bond donors (Lipinski definition) is 1. The van der Waals surface area contributed by atoms with Crippen molar-refractivity contribution in [3.8, 4) is 0 Å². The molecule has 5 nitrogen and oxygen atoms in total. The number of thioether (sulfide) groups is 1. The van der Waals surface area contributed by atoms with Gasteiger partial charge < -0.3 is 5.32 Å². The lowest BCUT2D eigenvalue weighted by Crippen LogP contribution is -2.13. The van der Waals surface area contributed by atoms with E-state index in [0.29, 0.717) is 5.69 Å². The number of rotatable bonds is 5. The molecule has 2 heterocycles. The summed E-state index contributed by atoms with van der Waals surface area (Å²) in [6, 6.07) is 13.6. The molecule has 3 rings (SSSR count). The first-order valence-corrected chi connectivity index (χ1v) is 8.00. The molecule has 0 saturated carbocycles. The average molecular weight is 322 g/mol. The van der Waals surface area contributed by atoms with Crippen LogP contribution in [0.3, 0.4) is 0 Å². The SMILES string of the molecule is O=C(Nc1cccc(CSc2ccccn2)c1)c1cnccn1. The molecule has 2 aromatic heterocycles. The molecule has 0 radical (unpaired) electrons. The highest BCUT2D eigenvalue weighted by molar-refractivity contribution is 7.98. The summed E-state index contributed by atoms with van der Waals surface area (Å²) in [5.74, 6) is 0.513. The second-order valence-electron chi connectivity index (χ2n) is 4.70. The van der Waals surface area contributed by atoms with E-state index in [9.17, 15) is 4.79 Å². The molecule has 0 aliphatic carbocycles. The van der Waals surface area contributed by atoms with Crippen LogP contribution in [-0.2, 0) is 5.75 Å². The van der Waals surface area contributed by atoms with E-state index in [1.165, 1.54) is 18.6 Å². The van der Waals surface area contributed by atoms with Crippen LogP contribution in [0.2, 0.25) is 0 Å². The molecule has 0 atom stereocenters. The van der Waals surface area contributed by atoms with Crippen molar-refractivity contribution in [1.82, 2.24) is 15.0 Å². The van der Waals surface area contributed by atoms with E-state index in [4.69, 9.17) is 0 Å². The number of nitrogens with zero attached hydrogens (tertiary/aromatic N) is 3. The van der Waals surface area contributed by atoms with Gasteiger partial charge in [-0.3, -0.25) is 9.78 Å². The van der Waals surface area contributed by atoms with Crippen LogP contribution in [0.4, 0.5) is 5.69 Å². The number of aromatic nitrogens is 3. The summed E-state index contributed by atoms with van der Waals surface area (Å²) >= 11 is 1.65. The van der Waals surface area contributed by atoms with E-state index in [1.807, 2.05) is 42.5 Å². The molecule has 1 amide bonds. The Kier molecular flexibility index (Phi) is 4.95. The first-order valence-electron chi connectivity index (χ1n) is 7.01. The van der Waals surface area contributed by atoms with Crippen molar-refractivity contribution in [3.05, 3.63) is 78.5 Å².